The van der Waals surface area contributed by atoms with E-state index in [1.807, 2.05) is 20.8 Å². The Morgan fingerprint density at radius 1 is 0.941 bits per heavy atom. The molecule has 0 spiro atoms. The highest BCUT2D eigenvalue weighted by Crippen LogP contribution is 2.35. The highest BCUT2D eigenvalue weighted by Gasteiger charge is 2.19. The van der Waals surface area contributed by atoms with Gasteiger partial charge in [0.25, 0.3) is 0 Å². The van der Waals surface area contributed by atoms with Gasteiger partial charge in [-0.15, -0.1) is 0 Å². The Labute approximate surface area is 111 Å². The second-order valence-electron chi connectivity index (χ2n) is 5.01. The zero-order chi connectivity index (χ0) is 18.1. The molecule has 3 rings (SSSR count). The molecule has 0 bridgehead atoms. The van der Waals surface area contributed by atoms with E-state index in [1.54, 1.807) is 0 Å². The van der Waals surface area contributed by atoms with E-state index in [0.29, 0.717) is 5.56 Å². The summed E-state index contributed by atoms with van der Waals surface area (Å²) in [7, 11) is 0. The molecule has 0 atom stereocenters. The van der Waals surface area contributed by atoms with Gasteiger partial charge in [-0.3, -0.25) is 0 Å². The summed E-state index contributed by atoms with van der Waals surface area (Å²) < 4.78 is 62.0. The summed E-state index contributed by atoms with van der Waals surface area (Å²) in [5.41, 5.74) is 0.0204. The summed E-state index contributed by atoms with van der Waals surface area (Å²) >= 11 is 0. The minimum atomic E-state index is -0.551. The normalized spacial score (nSPS) is 18.2. The first-order chi connectivity index (χ1) is 11.0. The molecule has 1 nitrogen and oxygen atoms in total. The molecule has 0 unspecified atom stereocenters. The summed E-state index contributed by atoms with van der Waals surface area (Å²) in [5.74, 6) is 0. The van der Waals surface area contributed by atoms with Crippen LogP contribution in [0.4, 0.5) is 0 Å². The predicted molar refractivity (Wildman–Crippen MR) is 72.4 cm³/mol. The van der Waals surface area contributed by atoms with Gasteiger partial charge in [0.1, 0.15) is 11.2 Å². The Morgan fingerprint density at radius 2 is 1.65 bits per heavy atom. The van der Waals surface area contributed by atoms with Crippen LogP contribution in [-0.4, -0.2) is 0 Å². The van der Waals surface area contributed by atoms with Crippen molar-refractivity contribution in [1.29, 1.82) is 0 Å². The average molecular weight is 231 g/mol. The molecular formula is C16H16O. The van der Waals surface area contributed by atoms with Gasteiger partial charge in [0.2, 0.25) is 0 Å². The van der Waals surface area contributed by atoms with Crippen LogP contribution in [0, 0.1) is 0 Å². The Balaban J connectivity index is 2.73. The molecule has 0 aliphatic heterocycles. The molecular weight excluding hydrogens is 208 g/mol. The predicted octanol–water partition coefficient (Wildman–Crippen LogP) is 4.88. The summed E-state index contributed by atoms with van der Waals surface area (Å²) in [5, 5.41) is 0.267. The number of benzene rings is 2. The van der Waals surface area contributed by atoms with Crippen molar-refractivity contribution in [3.05, 3.63) is 47.9 Å². The van der Waals surface area contributed by atoms with Gasteiger partial charge >= 0.3 is 0 Å². The van der Waals surface area contributed by atoms with Crippen LogP contribution in [0.3, 0.4) is 0 Å². The van der Waals surface area contributed by atoms with E-state index in [1.165, 1.54) is 0 Å². The first kappa shape index (κ1) is 5.26. The molecule has 0 N–H and O–H groups in total. The molecule has 3 aromatic rings. The molecule has 1 aromatic heterocycles. The molecule has 0 fully saturated rings. The molecule has 0 saturated carbocycles. The molecule has 0 amide bonds. The van der Waals surface area contributed by atoms with Crippen molar-refractivity contribution in [2.24, 2.45) is 0 Å². The molecule has 1 heterocycles. The van der Waals surface area contributed by atoms with Gasteiger partial charge in [0, 0.05) is 16.3 Å². The van der Waals surface area contributed by atoms with Gasteiger partial charge in [0.15, 0.2) is 0 Å². The average Bonchev–Trinajstić information content (AvgIpc) is 2.87. The van der Waals surface area contributed by atoms with Gasteiger partial charge in [-0.2, -0.15) is 0 Å². The lowest BCUT2D eigenvalue weighted by Crippen LogP contribution is -2.10. The van der Waals surface area contributed by atoms with E-state index in [0.717, 1.165) is 0 Å². The maximum absolute atomic E-state index is 8.20. The Hall–Kier alpha value is -1.76. The van der Waals surface area contributed by atoms with Crippen LogP contribution in [0.2, 0.25) is 0 Å². The molecule has 0 radical (unpaired) electrons. The molecule has 86 valence electrons. The van der Waals surface area contributed by atoms with Gasteiger partial charge < -0.3 is 4.42 Å². The van der Waals surface area contributed by atoms with Gasteiger partial charge in [-0.05, 0) is 11.5 Å². The fourth-order valence-electron chi connectivity index (χ4n) is 1.86. The number of para-hydroxylation sites is 2. The molecule has 17 heavy (non-hydrogen) atoms. The van der Waals surface area contributed by atoms with Crippen molar-refractivity contribution in [3.63, 3.8) is 0 Å². The van der Waals surface area contributed by atoms with Gasteiger partial charge in [-0.25, -0.2) is 0 Å². The lowest BCUT2D eigenvalue weighted by molar-refractivity contribution is 0.573. The fraction of sp³-hybridized carbons (Fsp3) is 0.250. The molecule has 0 saturated heterocycles. The van der Waals surface area contributed by atoms with Crippen molar-refractivity contribution in [2.45, 2.75) is 26.2 Å². The second kappa shape index (κ2) is 3.36. The molecule has 1 heteroatoms. The van der Waals surface area contributed by atoms with E-state index >= 15 is 0 Å². The van der Waals surface area contributed by atoms with Gasteiger partial charge in [0.05, 0.1) is 9.60 Å². The summed E-state index contributed by atoms with van der Waals surface area (Å²) in [6.45, 7) is 5.56. The third kappa shape index (κ3) is 1.54. The van der Waals surface area contributed by atoms with Crippen molar-refractivity contribution in [2.75, 3.05) is 0 Å². The third-order valence-corrected chi connectivity index (χ3v) is 2.69. The van der Waals surface area contributed by atoms with Crippen LogP contribution < -0.4 is 0 Å². The zero-order valence-electron chi connectivity index (χ0n) is 16.9. The number of fused-ring (bicyclic) bond motifs is 3. The van der Waals surface area contributed by atoms with Crippen LogP contribution in [0.25, 0.3) is 21.9 Å². The monoisotopic (exact) mass is 231 g/mol. The van der Waals surface area contributed by atoms with Crippen molar-refractivity contribution >= 4 is 21.9 Å². The topological polar surface area (TPSA) is 13.1 Å². The molecule has 2 aromatic carbocycles. The maximum Gasteiger partial charge on any atom is 0.139 e. The SMILES string of the molecule is [2H]c1c([2H])c([2H])c2c(oc3c(C(C)(C)C)c([2H])c([2H])c([2H])c32)c1[2H]. The van der Waals surface area contributed by atoms with E-state index in [2.05, 4.69) is 0 Å². The van der Waals surface area contributed by atoms with Gasteiger partial charge in [-0.1, -0.05) is 57.0 Å². The van der Waals surface area contributed by atoms with Crippen LogP contribution in [-0.2, 0) is 5.41 Å². The van der Waals surface area contributed by atoms with E-state index in [9.17, 15) is 0 Å². The maximum atomic E-state index is 8.20. The summed E-state index contributed by atoms with van der Waals surface area (Å²) in [4.78, 5) is 0. The van der Waals surface area contributed by atoms with Crippen LogP contribution in [0.15, 0.2) is 46.7 Å². The van der Waals surface area contributed by atoms with E-state index in [4.69, 9.17) is 14.0 Å². The zero-order valence-corrected chi connectivity index (χ0v) is 9.91. The number of rotatable bonds is 0. The summed E-state index contributed by atoms with van der Waals surface area (Å²) in [6.07, 6.45) is 0. The van der Waals surface area contributed by atoms with Crippen LogP contribution in [0.1, 0.15) is 35.9 Å². The first-order valence-corrected chi connectivity index (χ1v) is 5.41. The Kier molecular flexibility index (Phi) is 1.04. The largest absolute Gasteiger partial charge is 0.456 e. The molecule has 0 aliphatic rings. The first-order valence-electron chi connectivity index (χ1n) is 8.91. The van der Waals surface area contributed by atoms with Crippen molar-refractivity contribution < 1.29 is 14.0 Å². The van der Waals surface area contributed by atoms with Crippen molar-refractivity contribution in [3.8, 4) is 0 Å². The minimum Gasteiger partial charge on any atom is -0.456 e. The van der Waals surface area contributed by atoms with E-state index < -0.39 is 17.5 Å². The van der Waals surface area contributed by atoms with Crippen molar-refractivity contribution in [1.82, 2.24) is 0 Å². The van der Waals surface area contributed by atoms with Crippen LogP contribution >= 0.6 is 0 Å². The highest BCUT2D eigenvalue weighted by molar-refractivity contribution is 6.05. The number of hydrogen-bond donors (Lipinski definition) is 0. The number of furan rings is 1. The minimum absolute atomic E-state index is 0.0417. The quantitative estimate of drug-likeness (QED) is 0.537. The second-order valence-corrected chi connectivity index (χ2v) is 5.01. The number of hydrogen-bond acceptors (Lipinski definition) is 1. The lowest BCUT2D eigenvalue weighted by Gasteiger charge is -2.18. The Bertz CT molecular complexity index is 1010. The highest BCUT2D eigenvalue weighted by atomic mass is 16.3. The lowest BCUT2D eigenvalue weighted by atomic mass is 9.86. The third-order valence-electron chi connectivity index (χ3n) is 2.69. The Morgan fingerprint density at radius 3 is 2.41 bits per heavy atom. The fourth-order valence-corrected chi connectivity index (χ4v) is 1.86. The smallest absolute Gasteiger partial charge is 0.139 e. The van der Waals surface area contributed by atoms with Crippen LogP contribution in [0.5, 0.6) is 0 Å². The van der Waals surface area contributed by atoms with E-state index in [-0.39, 0.29) is 52.2 Å². The summed E-state index contributed by atoms with van der Waals surface area (Å²) in [6, 6.07) is -2.08. The molecule has 0 aliphatic carbocycles. The standard InChI is InChI=1S/C16H16O/c1-16(2,3)13-9-6-8-12-11-7-4-5-10-14(11)17-15(12)13/h4-10H,1-3H3/i4D,5D,6D,7D,8D,9D,10D.